The molecule has 0 saturated carbocycles. The normalized spacial score (nSPS) is 10.3. The van der Waals surface area contributed by atoms with Crippen LogP contribution >= 0.6 is 0 Å². The molecule has 128 valence electrons. The summed E-state index contributed by atoms with van der Waals surface area (Å²) >= 11 is 0. The van der Waals surface area contributed by atoms with Crippen molar-refractivity contribution < 1.29 is 4.79 Å². The van der Waals surface area contributed by atoms with Crippen LogP contribution in [0.15, 0.2) is 55.1 Å². The number of anilines is 1. The quantitative estimate of drug-likeness (QED) is 0.784. The first-order chi connectivity index (χ1) is 12.0. The van der Waals surface area contributed by atoms with E-state index in [-0.39, 0.29) is 12.5 Å². The van der Waals surface area contributed by atoms with Gasteiger partial charge < -0.3 is 5.32 Å². The summed E-state index contributed by atoms with van der Waals surface area (Å²) < 4.78 is 0. The Labute approximate surface area is 149 Å². The second-order valence-corrected chi connectivity index (χ2v) is 6.09. The van der Waals surface area contributed by atoms with Gasteiger partial charge in [0.2, 0.25) is 5.91 Å². The second kappa shape index (κ2) is 8.81. The van der Waals surface area contributed by atoms with E-state index < -0.39 is 0 Å². The number of nitriles is 1. The Bertz CT molecular complexity index is 785. The lowest BCUT2D eigenvalue weighted by molar-refractivity contribution is -0.117. The minimum atomic E-state index is -0.0595. The number of carbonyl (C=O) groups excluding carboxylic acids is 1. The molecule has 4 nitrogen and oxygen atoms in total. The molecule has 0 unspecified atom stereocenters. The smallest absolute Gasteiger partial charge is 0.238 e. The number of amides is 1. The fraction of sp³-hybridized carbons (Fsp3) is 0.238. The SMILES string of the molecule is C=CCN(CC(=O)Nc1c(C)cccc1C)Cc1cccc(C#N)c1. The molecule has 0 saturated heterocycles. The van der Waals surface area contributed by atoms with Gasteiger partial charge in [0, 0.05) is 18.8 Å². The largest absolute Gasteiger partial charge is 0.324 e. The lowest BCUT2D eigenvalue weighted by Gasteiger charge is -2.21. The highest BCUT2D eigenvalue weighted by Gasteiger charge is 2.12. The fourth-order valence-corrected chi connectivity index (χ4v) is 2.76. The minimum Gasteiger partial charge on any atom is -0.324 e. The summed E-state index contributed by atoms with van der Waals surface area (Å²) in [6.45, 7) is 9.18. The summed E-state index contributed by atoms with van der Waals surface area (Å²) in [6.07, 6.45) is 1.78. The number of rotatable bonds is 7. The third-order valence-corrected chi connectivity index (χ3v) is 3.96. The highest BCUT2D eigenvalue weighted by molar-refractivity contribution is 5.93. The topological polar surface area (TPSA) is 56.1 Å². The Morgan fingerprint density at radius 1 is 1.24 bits per heavy atom. The lowest BCUT2D eigenvalue weighted by Crippen LogP contribution is -2.33. The van der Waals surface area contributed by atoms with Crippen LogP contribution in [0.25, 0.3) is 0 Å². The van der Waals surface area contributed by atoms with Crippen LogP contribution in [0.4, 0.5) is 5.69 Å². The van der Waals surface area contributed by atoms with Crippen LogP contribution in [0.5, 0.6) is 0 Å². The highest BCUT2D eigenvalue weighted by atomic mass is 16.2. The van der Waals surface area contributed by atoms with E-state index >= 15 is 0 Å². The zero-order valence-electron chi connectivity index (χ0n) is 14.7. The zero-order valence-corrected chi connectivity index (χ0v) is 14.7. The predicted molar refractivity (Wildman–Crippen MR) is 101 cm³/mol. The molecule has 0 aromatic heterocycles. The molecule has 0 spiro atoms. The molecule has 0 aliphatic heterocycles. The second-order valence-electron chi connectivity index (χ2n) is 6.09. The molecule has 0 atom stereocenters. The molecule has 1 amide bonds. The Morgan fingerprint density at radius 3 is 2.56 bits per heavy atom. The molecule has 1 N–H and O–H groups in total. The van der Waals surface area contributed by atoms with Crippen molar-refractivity contribution in [2.45, 2.75) is 20.4 Å². The first kappa shape index (κ1) is 18.4. The average Bonchev–Trinajstić information content (AvgIpc) is 2.58. The highest BCUT2D eigenvalue weighted by Crippen LogP contribution is 2.19. The molecular formula is C21H23N3O. The molecular weight excluding hydrogens is 310 g/mol. The van der Waals surface area contributed by atoms with Gasteiger partial charge in [-0.05, 0) is 42.7 Å². The van der Waals surface area contributed by atoms with Gasteiger partial charge in [0.25, 0.3) is 0 Å². The maximum atomic E-state index is 12.5. The molecule has 2 aromatic rings. The van der Waals surface area contributed by atoms with E-state index in [1.165, 1.54) is 0 Å². The molecule has 2 rings (SSSR count). The Hall–Kier alpha value is -2.90. The van der Waals surface area contributed by atoms with Crippen molar-refractivity contribution in [2.24, 2.45) is 0 Å². The van der Waals surface area contributed by atoms with E-state index in [1.54, 1.807) is 12.1 Å². The van der Waals surface area contributed by atoms with Gasteiger partial charge in [0.15, 0.2) is 0 Å². The number of para-hydroxylation sites is 1. The van der Waals surface area contributed by atoms with E-state index in [4.69, 9.17) is 5.26 Å². The summed E-state index contributed by atoms with van der Waals surface area (Å²) in [5, 5.41) is 12.0. The van der Waals surface area contributed by atoms with Crippen molar-refractivity contribution in [1.82, 2.24) is 4.90 Å². The fourth-order valence-electron chi connectivity index (χ4n) is 2.76. The summed E-state index contributed by atoms with van der Waals surface area (Å²) in [5.41, 5.74) is 4.59. The first-order valence-corrected chi connectivity index (χ1v) is 8.22. The molecule has 4 heteroatoms. The summed E-state index contributed by atoms with van der Waals surface area (Å²) in [6, 6.07) is 15.5. The predicted octanol–water partition coefficient (Wildman–Crippen LogP) is 3.80. The van der Waals surface area contributed by atoms with Crippen LogP contribution in [0.1, 0.15) is 22.3 Å². The molecule has 2 aromatic carbocycles. The molecule has 0 aliphatic rings. The van der Waals surface area contributed by atoms with Gasteiger partial charge in [0.1, 0.15) is 0 Å². The van der Waals surface area contributed by atoms with Crippen LogP contribution < -0.4 is 5.32 Å². The number of benzene rings is 2. The van der Waals surface area contributed by atoms with Crippen LogP contribution in [0.3, 0.4) is 0 Å². The van der Waals surface area contributed by atoms with Crippen molar-refractivity contribution in [2.75, 3.05) is 18.4 Å². The van der Waals surface area contributed by atoms with E-state index in [9.17, 15) is 4.79 Å². The number of hydrogen-bond acceptors (Lipinski definition) is 3. The third kappa shape index (κ3) is 5.30. The Balaban J connectivity index is 2.06. The molecule has 0 radical (unpaired) electrons. The van der Waals surface area contributed by atoms with Crippen molar-refractivity contribution >= 4 is 11.6 Å². The number of nitrogens with one attached hydrogen (secondary N) is 1. The summed E-state index contributed by atoms with van der Waals surface area (Å²) in [7, 11) is 0. The van der Waals surface area contributed by atoms with Crippen molar-refractivity contribution in [3.05, 3.63) is 77.4 Å². The van der Waals surface area contributed by atoms with Crippen LogP contribution in [0, 0.1) is 25.2 Å². The summed E-state index contributed by atoms with van der Waals surface area (Å²) in [5.74, 6) is -0.0595. The zero-order chi connectivity index (χ0) is 18.2. The van der Waals surface area contributed by atoms with Gasteiger partial charge in [-0.3, -0.25) is 9.69 Å². The maximum absolute atomic E-state index is 12.5. The van der Waals surface area contributed by atoms with Gasteiger partial charge in [-0.2, -0.15) is 5.26 Å². The number of hydrogen-bond donors (Lipinski definition) is 1. The molecule has 25 heavy (non-hydrogen) atoms. The molecule has 0 aliphatic carbocycles. The van der Waals surface area contributed by atoms with E-state index in [0.717, 1.165) is 22.4 Å². The van der Waals surface area contributed by atoms with Gasteiger partial charge in [0.05, 0.1) is 18.2 Å². The first-order valence-electron chi connectivity index (χ1n) is 8.22. The van der Waals surface area contributed by atoms with E-state index in [1.807, 2.05) is 55.1 Å². The Morgan fingerprint density at radius 2 is 1.92 bits per heavy atom. The van der Waals surface area contributed by atoms with Crippen molar-refractivity contribution in [3.8, 4) is 6.07 Å². The molecule has 0 heterocycles. The monoisotopic (exact) mass is 333 g/mol. The standard InChI is InChI=1S/C21H23N3O/c1-4-11-24(14-19-10-6-9-18(12-19)13-22)15-20(25)23-21-16(2)7-5-8-17(21)3/h4-10,12H,1,11,14-15H2,2-3H3,(H,23,25). The third-order valence-electron chi connectivity index (χ3n) is 3.96. The van der Waals surface area contributed by atoms with Crippen LogP contribution in [-0.2, 0) is 11.3 Å². The number of carbonyl (C=O) groups is 1. The molecule has 0 fully saturated rings. The van der Waals surface area contributed by atoms with Gasteiger partial charge in [-0.25, -0.2) is 0 Å². The van der Waals surface area contributed by atoms with Gasteiger partial charge >= 0.3 is 0 Å². The van der Waals surface area contributed by atoms with Gasteiger partial charge in [-0.15, -0.1) is 6.58 Å². The van der Waals surface area contributed by atoms with Crippen LogP contribution in [-0.4, -0.2) is 23.9 Å². The Kier molecular flexibility index (Phi) is 6.50. The van der Waals surface area contributed by atoms with E-state index in [0.29, 0.717) is 18.7 Å². The lowest BCUT2D eigenvalue weighted by atomic mass is 10.1. The minimum absolute atomic E-state index is 0.0595. The average molecular weight is 333 g/mol. The maximum Gasteiger partial charge on any atom is 0.238 e. The molecule has 0 bridgehead atoms. The number of aryl methyl sites for hydroxylation is 2. The van der Waals surface area contributed by atoms with E-state index in [2.05, 4.69) is 18.0 Å². The van der Waals surface area contributed by atoms with Crippen LogP contribution in [0.2, 0.25) is 0 Å². The summed E-state index contributed by atoms with van der Waals surface area (Å²) in [4.78, 5) is 14.5. The number of nitrogens with zero attached hydrogens (tertiary/aromatic N) is 2. The van der Waals surface area contributed by atoms with Crippen molar-refractivity contribution in [1.29, 1.82) is 5.26 Å². The van der Waals surface area contributed by atoms with Crippen molar-refractivity contribution in [3.63, 3.8) is 0 Å². The van der Waals surface area contributed by atoms with Gasteiger partial charge in [-0.1, -0.05) is 36.4 Å².